The van der Waals surface area contributed by atoms with Crippen LogP contribution in [-0.2, 0) is 42.9 Å². The zero-order valence-corrected chi connectivity index (χ0v) is 28.6. The van der Waals surface area contributed by atoms with E-state index in [9.17, 15) is 38.7 Å². The summed E-state index contributed by atoms with van der Waals surface area (Å²) in [7, 11) is -15.3. The molecule has 48 heavy (non-hydrogen) atoms. The molecule has 20 nitrogen and oxygen atoms in total. The summed E-state index contributed by atoms with van der Waals surface area (Å²) in [6.45, 7) is 4.61. The van der Waals surface area contributed by atoms with Crippen LogP contribution in [0.25, 0.3) is 11.0 Å². The van der Waals surface area contributed by atoms with Gasteiger partial charge in [0, 0.05) is 41.5 Å². The number of pyridine rings is 1. The molecule has 3 unspecified atom stereocenters. The van der Waals surface area contributed by atoms with E-state index in [-0.39, 0.29) is 18.7 Å². The molecule has 4 rings (SSSR count). The normalized spacial score (nSPS) is 21.9. The number of benzene rings is 1. The molecule has 1 fully saturated rings. The molecular weight excluding hydrogens is 705 g/mol. The van der Waals surface area contributed by atoms with E-state index in [1.54, 1.807) is 22.9 Å². The Balaban J connectivity index is 1.57. The minimum atomic E-state index is -5.74. The van der Waals surface area contributed by atoms with Crippen LogP contribution in [0, 0.1) is 15.5 Å². The van der Waals surface area contributed by atoms with Crippen molar-refractivity contribution < 1.29 is 70.7 Å². The lowest BCUT2D eigenvalue weighted by molar-refractivity contribution is -0.386. The second-order valence-electron chi connectivity index (χ2n) is 11.7. The van der Waals surface area contributed by atoms with Crippen LogP contribution in [0.4, 0.5) is 11.4 Å². The Morgan fingerprint density at radius 3 is 2.44 bits per heavy atom. The molecule has 2 aromatic heterocycles. The number of nitrogen functional groups attached to an aromatic ring is 1. The van der Waals surface area contributed by atoms with Gasteiger partial charge in [-0.1, -0.05) is 20.8 Å². The first-order chi connectivity index (χ1) is 22.1. The lowest BCUT2D eigenvalue weighted by Gasteiger charge is -2.31. The van der Waals surface area contributed by atoms with E-state index in [0.717, 1.165) is 0 Å². The van der Waals surface area contributed by atoms with Gasteiger partial charge in [-0.25, -0.2) is 18.7 Å². The second-order valence-corrected chi connectivity index (χ2v) is 16.1. The third-order valence-electron chi connectivity index (χ3n) is 7.06. The highest BCUT2D eigenvalue weighted by Gasteiger charge is 2.43. The first kappa shape index (κ1) is 38.0. The van der Waals surface area contributed by atoms with E-state index in [4.69, 9.17) is 29.7 Å². The van der Waals surface area contributed by atoms with Crippen molar-refractivity contribution in [2.24, 2.45) is 5.41 Å². The van der Waals surface area contributed by atoms with Gasteiger partial charge in [-0.3, -0.25) is 14.6 Å². The number of nitrogens with zero attached hydrogens (tertiary/aromatic N) is 3. The van der Waals surface area contributed by atoms with Crippen LogP contribution < -0.4 is 10.5 Å². The highest BCUT2D eigenvalue weighted by molar-refractivity contribution is 7.66. The fourth-order valence-corrected chi connectivity index (χ4v) is 8.16. The number of hydrogen-bond donors (Lipinski definition) is 6. The van der Waals surface area contributed by atoms with E-state index >= 15 is 0 Å². The zero-order chi connectivity index (χ0) is 35.8. The molecule has 23 heteroatoms. The monoisotopic (exact) mass is 740 g/mol. The van der Waals surface area contributed by atoms with Crippen LogP contribution in [0.15, 0.2) is 36.7 Å². The Morgan fingerprint density at radius 1 is 1.15 bits per heavy atom. The first-order valence-corrected chi connectivity index (χ1v) is 18.4. The van der Waals surface area contributed by atoms with E-state index in [0.29, 0.717) is 33.6 Å². The van der Waals surface area contributed by atoms with Gasteiger partial charge in [-0.05, 0) is 23.6 Å². The van der Waals surface area contributed by atoms with Crippen LogP contribution in [0.3, 0.4) is 0 Å². The molecule has 0 aliphatic carbocycles. The highest BCUT2D eigenvalue weighted by atomic mass is 31.3. The number of nitro groups is 1. The van der Waals surface area contributed by atoms with Gasteiger partial charge in [-0.15, -0.1) is 0 Å². The molecule has 1 aliphatic heterocycles. The number of methoxy groups -OCH3 is 1. The molecule has 266 valence electrons. The number of rotatable bonds is 14. The molecule has 0 saturated carbocycles. The number of anilines is 1. The third-order valence-corrected chi connectivity index (χ3v) is 10.9. The Hall–Kier alpha value is -2.80. The largest absolute Gasteiger partial charge is 0.497 e. The van der Waals surface area contributed by atoms with E-state index in [2.05, 4.69) is 18.1 Å². The molecule has 1 aliphatic rings. The van der Waals surface area contributed by atoms with Crippen molar-refractivity contribution in [2.45, 2.75) is 58.3 Å². The number of phosphoric ester groups is 1. The zero-order valence-electron chi connectivity index (χ0n) is 25.9. The Morgan fingerprint density at radius 2 is 1.83 bits per heavy atom. The number of aliphatic hydroxyl groups excluding tert-OH is 1. The fourth-order valence-electron chi connectivity index (χ4n) is 5.13. The van der Waals surface area contributed by atoms with Gasteiger partial charge in [0.15, 0.2) is 0 Å². The second kappa shape index (κ2) is 14.2. The van der Waals surface area contributed by atoms with Crippen LogP contribution in [-0.4, -0.2) is 65.1 Å². The van der Waals surface area contributed by atoms with E-state index in [1.165, 1.54) is 25.4 Å². The summed E-state index contributed by atoms with van der Waals surface area (Å²) in [5, 5.41) is 23.0. The summed E-state index contributed by atoms with van der Waals surface area (Å²) >= 11 is 0. The number of hydrogen-bond acceptors (Lipinski definition) is 14. The van der Waals surface area contributed by atoms with Crippen molar-refractivity contribution in [3.63, 3.8) is 0 Å². The van der Waals surface area contributed by atoms with E-state index in [1.807, 2.05) is 20.8 Å². The van der Waals surface area contributed by atoms with Gasteiger partial charge in [0.2, 0.25) is 0 Å². The Labute approximate surface area is 272 Å². The SMILES string of the molecule is COc1ccc([N+](=O)[O-])c([C@@H](OCc2cn([C@H]3CC(O)[C@@H](COP(=O)(O)OP(=O)(O)OP(=O)(O)O)O3)c3nccc(N)c23)C(C)(C)C)c1. The predicted molar refractivity (Wildman–Crippen MR) is 165 cm³/mol. The average Bonchev–Trinajstić information content (AvgIpc) is 3.49. The Kier molecular flexibility index (Phi) is 11.2. The molecule has 0 bridgehead atoms. The average molecular weight is 740 g/mol. The molecule has 3 aromatic rings. The number of aliphatic hydroxyl groups is 1. The first-order valence-electron chi connectivity index (χ1n) is 13.9. The molecule has 3 heterocycles. The van der Waals surface area contributed by atoms with Crippen molar-refractivity contribution in [2.75, 3.05) is 19.5 Å². The summed E-state index contributed by atoms with van der Waals surface area (Å²) in [4.78, 5) is 52.3. The maximum absolute atomic E-state index is 12.2. The minimum absolute atomic E-state index is 0.0917. The molecule has 1 saturated heterocycles. The molecule has 1 aromatic carbocycles. The number of nitrogens with two attached hydrogens (primary N) is 1. The molecule has 7 N–H and O–H groups in total. The van der Waals surface area contributed by atoms with Crippen LogP contribution >= 0.6 is 23.5 Å². The van der Waals surface area contributed by atoms with Crippen LogP contribution in [0.2, 0.25) is 0 Å². The minimum Gasteiger partial charge on any atom is -0.497 e. The summed E-state index contributed by atoms with van der Waals surface area (Å²) in [5.41, 5.74) is 6.97. The van der Waals surface area contributed by atoms with Crippen molar-refractivity contribution in [1.82, 2.24) is 9.55 Å². The quantitative estimate of drug-likeness (QED) is 0.0777. The standard InChI is InChI=1S/C25H35N4O16P3/c1-25(2,3)23(16-9-15(40-4)5-6-18(16)29(31)32)41-12-14-11-28(24-22(14)17(26)7-8-27-24)21-10-19(30)20(43-21)13-42-47(36,37)45-48(38,39)44-46(33,34)35/h5-9,11,19-21,23,30H,10,12-13H2,1-4H3,(H2,26,27)(H,36,37)(H,38,39)(H2,33,34,35)/t19?,20-,21-,23-/m1/s1. The lowest BCUT2D eigenvalue weighted by atomic mass is 9.83. The van der Waals surface area contributed by atoms with Crippen LogP contribution in [0.5, 0.6) is 5.75 Å². The Bertz CT molecular complexity index is 1810. The van der Waals surface area contributed by atoms with Crippen LogP contribution in [0.1, 0.15) is 50.7 Å². The van der Waals surface area contributed by atoms with E-state index < -0.39 is 65.0 Å². The maximum Gasteiger partial charge on any atom is 0.490 e. The number of phosphoric acid groups is 3. The van der Waals surface area contributed by atoms with Gasteiger partial charge in [0.1, 0.15) is 23.7 Å². The number of nitro benzene ring substituents is 1. The summed E-state index contributed by atoms with van der Waals surface area (Å²) in [6, 6.07) is 5.92. The predicted octanol–water partition coefficient (Wildman–Crippen LogP) is 3.83. The molecular formula is C25H35N4O16P3. The van der Waals surface area contributed by atoms with Gasteiger partial charge in [0.25, 0.3) is 5.69 Å². The van der Waals surface area contributed by atoms with Gasteiger partial charge < -0.3 is 49.2 Å². The molecule has 0 spiro atoms. The summed E-state index contributed by atoms with van der Waals surface area (Å²) < 4.78 is 65.7. The van der Waals surface area contributed by atoms with Crippen molar-refractivity contribution in [1.29, 1.82) is 0 Å². The molecule has 6 atom stereocenters. The number of ether oxygens (including phenoxy) is 3. The van der Waals surface area contributed by atoms with Gasteiger partial charge in [-0.2, -0.15) is 8.62 Å². The molecule has 0 radical (unpaired) electrons. The fraction of sp³-hybridized carbons (Fsp3) is 0.480. The smallest absolute Gasteiger partial charge is 0.490 e. The summed E-state index contributed by atoms with van der Waals surface area (Å²) in [5.74, 6) is 0.401. The lowest BCUT2D eigenvalue weighted by Crippen LogP contribution is -2.26. The van der Waals surface area contributed by atoms with Gasteiger partial charge in [0.05, 0.1) is 43.0 Å². The summed E-state index contributed by atoms with van der Waals surface area (Å²) in [6.07, 6.45) is -1.39. The van der Waals surface area contributed by atoms with Crippen molar-refractivity contribution in [3.05, 3.63) is 57.9 Å². The molecule has 0 amide bonds. The van der Waals surface area contributed by atoms with Crippen molar-refractivity contribution in [3.8, 4) is 5.75 Å². The number of fused-ring (bicyclic) bond motifs is 1. The third kappa shape index (κ3) is 9.25. The van der Waals surface area contributed by atoms with Gasteiger partial charge >= 0.3 is 23.5 Å². The maximum atomic E-state index is 12.2. The van der Waals surface area contributed by atoms with Crippen molar-refractivity contribution >= 4 is 45.9 Å². The number of aromatic nitrogens is 2. The highest BCUT2D eigenvalue weighted by Crippen LogP contribution is 2.66. The topological polar surface area (TPSA) is 295 Å².